The van der Waals surface area contributed by atoms with E-state index in [-0.39, 0.29) is 47.6 Å². The number of nitrogens with zero attached hydrogens (tertiary/aromatic N) is 2. The zero-order chi connectivity index (χ0) is 19.6. The van der Waals surface area contributed by atoms with Gasteiger partial charge in [-0.15, -0.1) is 24.0 Å². The molecule has 8 nitrogen and oxygen atoms in total. The number of benzene rings is 1. The molecular formula is C19H29IN4O4. The number of carbonyl (C=O) groups is 1. The third kappa shape index (κ3) is 7.61. The lowest BCUT2D eigenvalue weighted by atomic mass is 9.86. The molecule has 1 aromatic rings. The molecule has 0 saturated heterocycles. The van der Waals surface area contributed by atoms with Gasteiger partial charge < -0.3 is 15.4 Å². The summed E-state index contributed by atoms with van der Waals surface area (Å²) in [6.45, 7) is 5.31. The molecule has 0 heterocycles. The number of nitrogens with one attached hydrogen (secondary N) is 2. The Morgan fingerprint density at radius 2 is 2.00 bits per heavy atom. The number of hydrogen-bond donors (Lipinski definition) is 2. The zero-order valence-corrected chi connectivity index (χ0v) is 18.7. The quantitative estimate of drug-likeness (QED) is 0.147. The number of nitro groups is 1. The van der Waals surface area contributed by atoms with Crippen molar-refractivity contribution in [3.8, 4) is 0 Å². The Hall–Kier alpha value is -1.91. The number of rotatable bonds is 7. The highest BCUT2D eigenvalue weighted by atomic mass is 127. The second-order valence-corrected chi connectivity index (χ2v) is 6.57. The summed E-state index contributed by atoms with van der Waals surface area (Å²) in [6, 6.07) is 6.75. The van der Waals surface area contributed by atoms with Gasteiger partial charge in [-0.05, 0) is 45.1 Å². The molecule has 0 radical (unpaired) electrons. The first kappa shape index (κ1) is 24.1. The van der Waals surface area contributed by atoms with Gasteiger partial charge in [0.2, 0.25) is 0 Å². The Balaban J connectivity index is 0.00000392. The molecule has 0 aromatic heterocycles. The van der Waals surface area contributed by atoms with Crippen LogP contribution in [0.3, 0.4) is 0 Å². The molecule has 1 aliphatic rings. The number of halogens is 1. The van der Waals surface area contributed by atoms with Crippen molar-refractivity contribution in [1.82, 2.24) is 10.6 Å². The van der Waals surface area contributed by atoms with Crippen LogP contribution in [0.25, 0.3) is 0 Å². The number of non-ortho nitro benzene ring substituents is 1. The minimum atomic E-state index is -0.404. The predicted octanol–water partition coefficient (Wildman–Crippen LogP) is 3.39. The van der Waals surface area contributed by atoms with Gasteiger partial charge in [0, 0.05) is 24.7 Å². The van der Waals surface area contributed by atoms with Crippen LogP contribution in [0.15, 0.2) is 29.3 Å². The molecule has 0 unspecified atom stereocenters. The van der Waals surface area contributed by atoms with Crippen molar-refractivity contribution in [3.63, 3.8) is 0 Å². The number of nitro benzene ring substituents is 1. The molecule has 1 aromatic carbocycles. The maximum atomic E-state index is 11.8. The van der Waals surface area contributed by atoms with Crippen LogP contribution < -0.4 is 10.6 Å². The molecule has 1 saturated carbocycles. The van der Waals surface area contributed by atoms with Gasteiger partial charge in [0.1, 0.15) is 0 Å². The number of guanidine groups is 1. The van der Waals surface area contributed by atoms with Crippen LogP contribution in [0.4, 0.5) is 5.69 Å². The number of aliphatic imine (C=N–C) groups is 1. The number of ether oxygens (including phenoxy) is 1. The van der Waals surface area contributed by atoms with Gasteiger partial charge in [-0.2, -0.15) is 0 Å². The fourth-order valence-electron chi connectivity index (χ4n) is 3.19. The SMILES string of the molecule is CCNC(=NCc1cccc([N+](=O)[O-])c1)NC1CCC(C(=O)OCC)CC1.I. The number of hydrogen-bond acceptors (Lipinski definition) is 5. The van der Waals surface area contributed by atoms with E-state index >= 15 is 0 Å². The van der Waals surface area contributed by atoms with Crippen LogP contribution in [0.2, 0.25) is 0 Å². The van der Waals surface area contributed by atoms with Gasteiger partial charge in [-0.3, -0.25) is 14.9 Å². The van der Waals surface area contributed by atoms with Crippen molar-refractivity contribution in [2.45, 2.75) is 52.1 Å². The predicted molar refractivity (Wildman–Crippen MR) is 119 cm³/mol. The number of carbonyl (C=O) groups excluding carboxylic acids is 1. The van der Waals surface area contributed by atoms with Crippen LogP contribution in [0.5, 0.6) is 0 Å². The van der Waals surface area contributed by atoms with E-state index in [2.05, 4.69) is 15.6 Å². The van der Waals surface area contributed by atoms with E-state index in [0.717, 1.165) is 37.8 Å². The Morgan fingerprint density at radius 1 is 1.29 bits per heavy atom. The van der Waals surface area contributed by atoms with Crippen molar-refractivity contribution < 1.29 is 14.5 Å². The van der Waals surface area contributed by atoms with Crippen molar-refractivity contribution in [1.29, 1.82) is 0 Å². The average Bonchev–Trinajstić information content (AvgIpc) is 2.67. The van der Waals surface area contributed by atoms with Crippen LogP contribution in [-0.2, 0) is 16.1 Å². The molecule has 28 heavy (non-hydrogen) atoms. The normalized spacial score (nSPS) is 19.3. The fraction of sp³-hybridized carbons (Fsp3) is 0.579. The molecule has 0 amide bonds. The second-order valence-electron chi connectivity index (χ2n) is 6.57. The Labute approximate surface area is 182 Å². The third-order valence-electron chi connectivity index (χ3n) is 4.57. The van der Waals surface area contributed by atoms with Gasteiger partial charge in [0.25, 0.3) is 5.69 Å². The lowest BCUT2D eigenvalue weighted by Crippen LogP contribution is -2.45. The minimum absolute atomic E-state index is 0. The van der Waals surface area contributed by atoms with Gasteiger partial charge >= 0.3 is 5.97 Å². The van der Waals surface area contributed by atoms with Crippen LogP contribution in [0.1, 0.15) is 45.1 Å². The first-order valence-electron chi connectivity index (χ1n) is 9.48. The summed E-state index contributed by atoms with van der Waals surface area (Å²) in [5.41, 5.74) is 0.852. The van der Waals surface area contributed by atoms with E-state index in [1.165, 1.54) is 12.1 Å². The first-order chi connectivity index (χ1) is 13.0. The van der Waals surface area contributed by atoms with Gasteiger partial charge in [0.05, 0.1) is 24.0 Å². The molecule has 1 aliphatic carbocycles. The largest absolute Gasteiger partial charge is 0.466 e. The molecule has 2 N–H and O–H groups in total. The summed E-state index contributed by atoms with van der Waals surface area (Å²) in [7, 11) is 0. The highest BCUT2D eigenvalue weighted by molar-refractivity contribution is 14.0. The maximum absolute atomic E-state index is 11.8. The lowest BCUT2D eigenvalue weighted by molar-refractivity contribution is -0.384. The molecule has 0 atom stereocenters. The summed E-state index contributed by atoms with van der Waals surface area (Å²) in [4.78, 5) is 26.9. The van der Waals surface area contributed by atoms with E-state index in [9.17, 15) is 14.9 Å². The summed E-state index contributed by atoms with van der Waals surface area (Å²) in [5.74, 6) is 0.582. The Kier molecular flexibility index (Phi) is 10.8. The number of esters is 1. The second kappa shape index (κ2) is 12.5. The molecule has 1 fully saturated rings. The van der Waals surface area contributed by atoms with Crippen LogP contribution in [0, 0.1) is 16.0 Å². The average molecular weight is 504 g/mol. The van der Waals surface area contributed by atoms with Crippen molar-refractivity contribution in [3.05, 3.63) is 39.9 Å². The van der Waals surface area contributed by atoms with Crippen LogP contribution in [-0.4, -0.2) is 36.0 Å². The summed E-state index contributed by atoms with van der Waals surface area (Å²) < 4.78 is 5.11. The molecule has 9 heteroatoms. The topological polar surface area (TPSA) is 106 Å². The van der Waals surface area contributed by atoms with E-state index in [4.69, 9.17) is 4.74 Å². The fourth-order valence-corrected chi connectivity index (χ4v) is 3.19. The summed E-state index contributed by atoms with van der Waals surface area (Å²) >= 11 is 0. The monoisotopic (exact) mass is 504 g/mol. The first-order valence-corrected chi connectivity index (χ1v) is 9.48. The Morgan fingerprint density at radius 3 is 2.61 bits per heavy atom. The van der Waals surface area contributed by atoms with E-state index in [1.807, 2.05) is 19.9 Å². The van der Waals surface area contributed by atoms with Gasteiger partial charge in [-0.25, -0.2) is 4.99 Å². The molecule has 2 rings (SSSR count). The third-order valence-corrected chi connectivity index (χ3v) is 4.57. The molecular weight excluding hydrogens is 475 g/mol. The lowest BCUT2D eigenvalue weighted by Gasteiger charge is -2.29. The highest BCUT2D eigenvalue weighted by Crippen LogP contribution is 2.25. The smallest absolute Gasteiger partial charge is 0.308 e. The highest BCUT2D eigenvalue weighted by Gasteiger charge is 2.27. The van der Waals surface area contributed by atoms with Gasteiger partial charge in [-0.1, -0.05) is 12.1 Å². The van der Waals surface area contributed by atoms with E-state index in [1.54, 1.807) is 6.07 Å². The minimum Gasteiger partial charge on any atom is -0.466 e. The zero-order valence-electron chi connectivity index (χ0n) is 16.3. The summed E-state index contributed by atoms with van der Waals surface area (Å²) in [6.07, 6.45) is 3.37. The van der Waals surface area contributed by atoms with Crippen molar-refractivity contribution in [2.24, 2.45) is 10.9 Å². The standard InChI is InChI=1S/C19H28N4O4.HI/c1-3-20-19(21-13-14-6-5-7-17(12-14)23(25)26)22-16-10-8-15(9-11-16)18(24)27-4-2;/h5-7,12,15-16H,3-4,8-11,13H2,1-2H3,(H2,20,21,22);1H. The van der Waals surface area contributed by atoms with Crippen LogP contribution >= 0.6 is 24.0 Å². The summed E-state index contributed by atoms with van der Waals surface area (Å²) in [5, 5.41) is 17.5. The van der Waals surface area contributed by atoms with Crippen molar-refractivity contribution in [2.75, 3.05) is 13.2 Å². The van der Waals surface area contributed by atoms with E-state index in [0.29, 0.717) is 19.1 Å². The molecule has 0 spiro atoms. The van der Waals surface area contributed by atoms with Gasteiger partial charge in [0.15, 0.2) is 5.96 Å². The van der Waals surface area contributed by atoms with Crippen molar-refractivity contribution >= 4 is 41.6 Å². The Bertz CT molecular complexity index is 676. The molecule has 0 bridgehead atoms. The molecule has 0 aliphatic heterocycles. The molecule has 156 valence electrons. The maximum Gasteiger partial charge on any atom is 0.308 e. The van der Waals surface area contributed by atoms with E-state index < -0.39 is 4.92 Å².